The first-order chi connectivity index (χ1) is 9.66. The molecule has 5 nitrogen and oxygen atoms in total. The maximum atomic E-state index is 12.6. The number of amides is 1. The van der Waals surface area contributed by atoms with Crippen LogP contribution in [0.2, 0.25) is 0 Å². The van der Waals surface area contributed by atoms with Gasteiger partial charge in [0.25, 0.3) is 5.91 Å². The van der Waals surface area contributed by atoms with Crippen molar-refractivity contribution in [2.24, 2.45) is 5.92 Å². The molecule has 106 valence electrons. The summed E-state index contributed by atoms with van der Waals surface area (Å²) in [6.07, 6.45) is 7.13. The molecule has 2 fully saturated rings. The summed E-state index contributed by atoms with van der Waals surface area (Å²) >= 11 is 0. The molecule has 1 aliphatic carbocycles. The third-order valence-electron chi connectivity index (χ3n) is 4.48. The van der Waals surface area contributed by atoms with Gasteiger partial charge in [-0.2, -0.15) is 0 Å². The van der Waals surface area contributed by atoms with Gasteiger partial charge in [0.05, 0.1) is 0 Å². The highest BCUT2D eigenvalue weighted by Gasteiger charge is 2.37. The minimum atomic E-state index is -1.10. The Bertz CT molecular complexity index is 544. The van der Waals surface area contributed by atoms with Crippen molar-refractivity contribution in [2.75, 3.05) is 6.54 Å². The van der Waals surface area contributed by atoms with E-state index in [4.69, 9.17) is 5.11 Å². The SMILES string of the molecule is O=C(O)c1cc(C(=O)N2CCCC3CCCC32)ccn1. The lowest BCUT2D eigenvalue weighted by Crippen LogP contribution is -2.46. The Labute approximate surface area is 117 Å². The number of hydrogen-bond donors (Lipinski definition) is 1. The average molecular weight is 274 g/mol. The molecule has 1 N–H and O–H groups in total. The van der Waals surface area contributed by atoms with E-state index in [-0.39, 0.29) is 11.6 Å². The molecule has 2 heterocycles. The minimum absolute atomic E-state index is 0.0495. The van der Waals surface area contributed by atoms with Crippen LogP contribution in [0.15, 0.2) is 18.3 Å². The summed E-state index contributed by atoms with van der Waals surface area (Å²) in [5, 5.41) is 8.96. The molecular weight excluding hydrogens is 256 g/mol. The quantitative estimate of drug-likeness (QED) is 0.897. The van der Waals surface area contributed by atoms with Crippen LogP contribution in [0.4, 0.5) is 0 Å². The highest BCUT2D eigenvalue weighted by atomic mass is 16.4. The second-order valence-electron chi connectivity index (χ2n) is 5.63. The molecule has 1 aromatic rings. The maximum Gasteiger partial charge on any atom is 0.354 e. The molecule has 2 unspecified atom stereocenters. The van der Waals surface area contributed by atoms with Crippen LogP contribution < -0.4 is 0 Å². The van der Waals surface area contributed by atoms with E-state index in [0.29, 0.717) is 17.5 Å². The van der Waals surface area contributed by atoms with Crippen LogP contribution in [0, 0.1) is 5.92 Å². The zero-order valence-corrected chi connectivity index (χ0v) is 11.3. The fraction of sp³-hybridized carbons (Fsp3) is 0.533. The Morgan fingerprint density at radius 2 is 2.05 bits per heavy atom. The maximum absolute atomic E-state index is 12.6. The summed E-state index contributed by atoms with van der Waals surface area (Å²) in [7, 11) is 0. The number of nitrogens with zero attached hydrogens (tertiary/aromatic N) is 2. The van der Waals surface area contributed by atoms with Crippen molar-refractivity contribution in [3.63, 3.8) is 0 Å². The highest BCUT2D eigenvalue weighted by Crippen LogP contribution is 2.37. The van der Waals surface area contributed by atoms with E-state index in [1.807, 2.05) is 4.90 Å². The molecule has 2 atom stereocenters. The number of carbonyl (C=O) groups excluding carboxylic acids is 1. The standard InChI is InChI=1S/C15H18N2O3/c18-14(11-6-7-16-12(9-11)15(19)20)17-8-2-4-10-3-1-5-13(10)17/h6-7,9-10,13H,1-5,8H2,(H,19,20). The third-order valence-corrected chi connectivity index (χ3v) is 4.48. The van der Waals surface area contributed by atoms with Gasteiger partial charge in [-0.05, 0) is 43.7 Å². The summed E-state index contributed by atoms with van der Waals surface area (Å²) in [4.78, 5) is 29.3. The summed E-state index contributed by atoms with van der Waals surface area (Å²) in [5.74, 6) is -0.517. The first-order valence-corrected chi connectivity index (χ1v) is 7.17. The molecule has 1 aromatic heterocycles. The first kappa shape index (κ1) is 13.1. The van der Waals surface area contributed by atoms with Gasteiger partial charge in [0.1, 0.15) is 5.69 Å². The largest absolute Gasteiger partial charge is 0.477 e. The van der Waals surface area contributed by atoms with Crippen molar-refractivity contribution in [3.05, 3.63) is 29.6 Å². The number of pyridine rings is 1. The zero-order chi connectivity index (χ0) is 14.1. The van der Waals surface area contributed by atoms with Crippen molar-refractivity contribution >= 4 is 11.9 Å². The molecule has 0 bridgehead atoms. The fourth-order valence-corrected chi connectivity index (χ4v) is 3.55. The van der Waals surface area contributed by atoms with Gasteiger partial charge in [-0.3, -0.25) is 4.79 Å². The lowest BCUT2D eigenvalue weighted by Gasteiger charge is -2.37. The van der Waals surface area contributed by atoms with Gasteiger partial charge in [-0.15, -0.1) is 0 Å². The normalized spacial score (nSPS) is 25.3. The Kier molecular flexibility index (Phi) is 3.42. The monoisotopic (exact) mass is 274 g/mol. The van der Waals surface area contributed by atoms with Gasteiger partial charge in [-0.1, -0.05) is 6.42 Å². The second kappa shape index (κ2) is 5.23. The molecule has 1 amide bonds. The van der Waals surface area contributed by atoms with Crippen molar-refractivity contribution in [2.45, 2.75) is 38.1 Å². The number of hydrogen-bond acceptors (Lipinski definition) is 3. The molecular formula is C15H18N2O3. The van der Waals surface area contributed by atoms with Gasteiger partial charge in [0.15, 0.2) is 0 Å². The van der Waals surface area contributed by atoms with Gasteiger partial charge in [0.2, 0.25) is 0 Å². The number of carbonyl (C=O) groups is 2. The predicted molar refractivity (Wildman–Crippen MR) is 72.6 cm³/mol. The molecule has 0 spiro atoms. The lowest BCUT2D eigenvalue weighted by molar-refractivity contribution is 0.0548. The number of piperidine rings is 1. The smallest absolute Gasteiger partial charge is 0.354 e. The number of likely N-dealkylation sites (tertiary alicyclic amines) is 1. The summed E-state index contributed by atoms with van der Waals surface area (Å²) in [5.41, 5.74) is 0.362. The van der Waals surface area contributed by atoms with Gasteiger partial charge < -0.3 is 10.0 Å². The van der Waals surface area contributed by atoms with Crippen molar-refractivity contribution in [1.82, 2.24) is 9.88 Å². The van der Waals surface area contributed by atoms with Crippen LogP contribution in [0.1, 0.15) is 53.0 Å². The number of rotatable bonds is 2. The summed E-state index contributed by atoms with van der Waals surface area (Å²) in [6.45, 7) is 0.782. The van der Waals surface area contributed by atoms with E-state index in [1.54, 1.807) is 6.07 Å². The molecule has 3 rings (SSSR count). The van der Waals surface area contributed by atoms with Crippen LogP contribution in [0.25, 0.3) is 0 Å². The van der Waals surface area contributed by atoms with Gasteiger partial charge in [-0.25, -0.2) is 9.78 Å². The van der Waals surface area contributed by atoms with Crippen LogP contribution in [-0.4, -0.2) is 39.5 Å². The molecule has 0 aromatic carbocycles. The Morgan fingerprint density at radius 1 is 1.25 bits per heavy atom. The van der Waals surface area contributed by atoms with Crippen molar-refractivity contribution in [1.29, 1.82) is 0 Å². The van der Waals surface area contributed by atoms with E-state index in [9.17, 15) is 9.59 Å². The molecule has 5 heteroatoms. The molecule has 20 heavy (non-hydrogen) atoms. The predicted octanol–water partition coefficient (Wildman–Crippen LogP) is 2.18. The Balaban J connectivity index is 1.84. The number of carboxylic acid groups (broad SMARTS) is 1. The van der Waals surface area contributed by atoms with Crippen molar-refractivity contribution < 1.29 is 14.7 Å². The topological polar surface area (TPSA) is 70.5 Å². The van der Waals surface area contributed by atoms with E-state index in [1.165, 1.54) is 31.5 Å². The summed E-state index contributed by atoms with van der Waals surface area (Å²) < 4.78 is 0. The van der Waals surface area contributed by atoms with Crippen LogP contribution >= 0.6 is 0 Å². The molecule has 2 aliphatic rings. The van der Waals surface area contributed by atoms with Gasteiger partial charge in [0, 0.05) is 24.3 Å². The molecule has 1 saturated carbocycles. The third kappa shape index (κ3) is 2.28. The molecule has 1 saturated heterocycles. The molecule has 0 radical (unpaired) electrons. The van der Waals surface area contributed by atoms with Crippen LogP contribution in [-0.2, 0) is 0 Å². The Hall–Kier alpha value is -1.91. The van der Waals surface area contributed by atoms with Crippen molar-refractivity contribution in [3.8, 4) is 0 Å². The Morgan fingerprint density at radius 3 is 2.85 bits per heavy atom. The van der Waals surface area contributed by atoms with E-state index < -0.39 is 5.97 Å². The number of aromatic nitrogens is 1. The highest BCUT2D eigenvalue weighted by molar-refractivity contribution is 5.96. The second-order valence-corrected chi connectivity index (χ2v) is 5.63. The minimum Gasteiger partial charge on any atom is -0.477 e. The average Bonchev–Trinajstić information content (AvgIpc) is 2.95. The lowest BCUT2D eigenvalue weighted by atomic mass is 9.91. The van der Waals surface area contributed by atoms with E-state index >= 15 is 0 Å². The number of fused-ring (bicyclic) bond motifs is 1. The zero-order valence-electron chi connectivity index (χ0n) is 11.3. The van der Waals surface area contributed by atoms with E-state index in [0.717, 1.165) is 19.4 Å². The van der Waals surface area contributed by atoms with Crippen LogP contribution in [0.3, 0.4) is 0 Å². The van der Waals surface area contributed by atoms with Gasteiger partial charge >= 0.3 is 5.97 Å². The molecule has 1 aliphatic heterocycles. The summed E-state index contributed by atoms with van der Waals surface area (Å²) in [6, 6.07) is 3.33. The first-order valence-electron chi connectivity index (χ1n) is 7.17. The number of carboxylic acids is 1. The van der Waals surface area contributed by atoms with Crippen LogP contribution in [0.5, 0.6) is 0 Å². The fourth-order valence-electron chi connectivity index (χ4n) is 3.55. The van der Waals surface area contributed by atoms with E-state index in [2.05, 4.69) is 4.98 Å². The number of aromatic carboxylic acids is 1.